The number of furan rings is 1. The summed E-state index contributed by atoms with van der Waals surface area (Å²) in [4.78, 5) is 0. The summed E-state index contributed by atoms with van der Waals surface area (Å²) in [6.07, 6.45) is 1.74. The van der Waals surface area contributed by atoms with E-state index in [1.54, 1.807) is 6.26 Å². The molecule has 3 heteroatoms. The van der Waals surface area contributed by atoms with Gasteiger partial charge in [-0.05, 0) is 6.07 Å². The number of rotatable bonds is 0. The summed E-state index contributed by atoms with van der Waals surface area (Å²) in [5.74, 6) is 1.10. The van der Waals surface area contributed by atoms with Gasteiger partial charge in [-0.25, -0.2) is 0 Å². The van der Waals surface area contributed by atoms with Gasteiger partial charge in [0.2, 0.25) is 0 Å². The van der Waals surface area contributed by atoms with E-state index in [0.717, 1.165) is 18.8 Å². The van der Waals surface area contributed by atoms with Crippen LogP contribution in [0.15, 0.2) is 16.7 Å². The first-order chi connectivity index (χ1) is 3.97. The quantitative estimate of drug-likeness (QED) is 0.596. The lowest BCUT2D eigenvalue weighted by Gasteiger charge is -1.81. The third kappa shape index (κ3) is 0.955. The molecule has 0 fully saturated rings. The van der Waals surface area contributed by atoms with Crippen molar-refractivity contribution in [3.63, 3.8) is 0 Å². The molecule has 0 saturated carbocycles. The summed E-state index contributed by atoms with van der Waals surface area (Å²) in [7, 11) is 0. The third-order valence-corrected chi connectivity index (χ3v) is 1.44. The normalized spacial score (nSPS) is 14.7. The number of nitrogens with one attached hydrogen (secondary N) is 1. The Kier molecular flexibility index (Phi) is 1.78. The summed E-state index contributed by atoms with van der Waals surface area (Å²) in [6.45, 7) is 1.88. The largest absolute Gasteiger partial charge is 0.468 e. The van der Waals surface area contributed by atoms with Gasteiger partial charge in [0.25, 0.3) is 0 Å². The van der Waals surface area contributed by atoms with E-state index in [1.165, 1.54) is 5.56 Å². The molecule has 2 heterocycles. The van der Waals surface area contributed by atoms with E-state index in [9.17, 15) is 0 Å². The minimum absolute atomic E-state index is 0. The van der Waals surface area contributed by atoms with Crippen LogP contribution < -0.4 is 5.32 Å². The highest BCUT2D eigenvalue weighted by Crippen LogP contribution is 2.14. The lowest BCUT2D eigenvalue weighted by molar-refractivity contribution is 0.505. The molecule has 1 aliphatic heterocycles. The summed E-state index contributed by atoms with van der Waals surface area (Å²) in [5.41, 5.74) is 1.31. The average Bonchev–Trinajstić information content (AvgIpc) is 2.15. The predicted octanol–water partition coefficient (Wildman–Crippen LogP) is 1.30. The van der Waals surface area contributed by atoms with Gasteiger partial charge >= 0.3 is 0 Å². The van der Waals surface area contributed by atoms with Crippen LogP contribution in [0.4, 0.5) is 0 Å². The standard InChI is InChI=1S/C6H7NO.ClH/c1-2-8-6-4-7-3-5(1)6;/h1-2,7H,3-4H2;1H. The summed E-state index contributed by atoms with van der Waals surface area (Å²) in [6, 6.07) is 2.01. The maximum Gasteiger partial charge on any atom is 0.122 e. The van der Waals surface area contributed by atoms with Gasteiger partial charge in [0.05, 0.1) is 12.8 Å². The van der Waals surface area contributed by atoms with Crippen molar-refractivity contribution in [2.24, 2.45) is 0 Å². The van der Waals surface area contributed by atoms with Crippen LogP contribution in [0.2, 0.25) is 0 Å². The van der Waals surface area contributed by atoms with Crippen LogP contribution in [0.3, 0.4) is 0 Å². The predicted molar refractivity (Wildman–Crippen MR) is 36.5 cm³/mol. The molecule has 1 aromatic heterocycles. The topological polar surface area (TPSA) is 25.2 Å². The molecule has 50 valence electrons. The van der Waals surface area contributed by atoms with E-state index in [2.05, 4.69) is 5.32 Å². The molecule has 0 unspecified atom stereocenters. The molecule has 0 aromatic carbocycles. The Bertz CT molecular complexity index is 178. The Hall–Kier alpha value is -0.470. The molecule has 0 radical (unpaired) electrons. The summed E-state index contributed by atoms with van der Waals surface area (Å²) < 4.78 is 5.11. The average molecular weight is 146 g/mol. The zero-order chi connectivity index (χ0) is 5.40. The van der Waals surface area contributed by atoms with Crippen LogP contribution in [-0.4, -0.2) is 0 Å². The van der Waals surface area contributed by atoms with Gasteiger partial charge in [0, 0.05) is 12.1 Å². The first kappa shape index (κ1) is 6.65. The van der Waals surface area contributed by atoms with Crippen molar-refractivity contribution in [3.05, 3.63) is 23.7 Å². The van der Waals surface area contributed by atoms with Gasteiger partial charge in [-0.2, -0.15) is 0 Å². The van der Waals surface area contributed by atoms with Crippen molar-refractivity contribution in [1.29, 1.82) is 0 Å². The summed E-state index contributed by atoms with van der Waals surface area (Å²) >= 11 is 0. The van der Waals surface area contributed by atoms with Crippen LogP contribution in [0, 0.1) is 0 Å². The second-order valence-corrected chi connectivity index (χ2v) is 1.97. The molecule has 1 aliphatic rings. The molecular formula is C6H8ClNO. The van der Waals surface area contributed by atoms with Gasteiger partial charge in [0.15, 0.2) is 0 Å². The second-order valence-electron chi connectivity index (χ2n) is 1.97. The number of hydrogen-bond acceptors (Lipinski definition) is 2. The van der Waals surface area contributed by atoms with Crippen LogP contribution in [0.1, 0.15) is 11.3 Å². The molecule has 0 atom stereocenters. The molecule has 1 N–H and O–H groups in total. The Balaban J connectivity index is 0.000000405. The minimum Gasteiger partial charge on any atom is -0.468 e. The molecule has 0 aliphatic carbocycles. The Morgan fingerprint density at radius 2 is 2.33 bits per heavy atom. The van der Waals surface area contributed by atoms with E-state index >= 15 is 0 Å². The van der Waals surface area contributed by atoms with Crippen LogP contribution in [-0.2, 0) is 13.1 Å². The zero-order valence-electron chi connectivity index (χ0n) is 4.89. The lowest BCUT2D eigenvalue weighted by Crippen LogP contribution is -2.00. The molecule has 9 heavy (non-hydrogen) atoms. The Labute approximate surface area is 59.7 Å². The maximum atomic E-state index is 5.11. The smallest absolute Gasteiger partial charge is 0.122 e. The van der Waals surface area contributed by atoms with Gasteiger partial charge in [-0.1, -0.05) is 0 Å². The maximum absolute atomic E-state index is 5.11. The SMILES string of the molecule is Cl.c1cc2c(o1)CNC2. The molecule has 2 rings (SSSR count). The minimum atomic E-state index is 0. The summed E-state index contributed by atoms with van der Waals surface area (Å²) in [5, 5.41) is 3.17. The Morgan fingerprint density at radius 3 is 3.11 bits per heavy atom. The van der Waals surface area contributed by atoms with Crippen LogP contribution in [0.5, 0.6) is 0 Å². The van der Waals surface area contributed by atoms with E-state index in [4.69, 9.17) is 4.42 Å². The highest BCUT2D eigenvalue weighted by atomic mass is 35.5. The van der Waals surface area contributed by atoms with E-state index in [1.807, 2.05) is 6.07 Å². The molecule has 0 amide bonds. The van der Waals surface area contributed by atoms with E-state index < -0.39 is 0 Å². The second kappa shape index (κ2) is 2.42. The van der Waals surface area contributed by atoms with E-state index in [-0.39, 0.29) is 12.4 Å². The van der Waals surface area contributed by atoms with Crippen molar-refractivity contribution in [2.75, 3.05) is 0 Å². The molecule has 2 nitrogen and oxygen atoms in total. The highest BCUT2D eigenvalue weighted by molar-refractivity contribution is 5.85. The van der Waals surface area contributed by atoms with Gasteiger partial charge < -0.3 is 9.73 Å². The molecule has 0 saturated heterocycles. The molecule has 0 spiro atoms. The lowest BCUT2D eigenvalue weighted by atomic mass is 10.3. The first-order valence-corrected chi connectivity index (χ1v) is 2.73. The van der Waals surface area contributed by atoms with Crippen molar-refractivity contribution in [2.45, 2.75) is 13.1 Å². The van der Waals surface area contributed by atoms with Crippen molar-refractivity contribution in [3.8, 4) is 0 Å². The molecule has 0 bridgehead atoms. The monoisotopic (exact) mass is 145 g/mol. The first-order valence-electron chi connectivity index (χ1n) is 2.73. The van der Waals surface area contributed by atoms with Gasteiger partial charge in [0.1, 0.15) is 5.76 Å². The fraction of sp³-hybridized carbons (Fsp3) is 0.333. The number of fused-ring (bicyclic) bond motifs is 1. The van der Waals surface area contributed by atoms with Crippen LogP contribution >= 0.6 is 12.4 Å². The molecular weight excluding hydrogens is 138 g/mol. The van der Waals surface area contributed by atoms with E-state index in [0.29, 0.717) is 0 Å². The van der Waals surface area contributed by atoms with Crippen molar-refractivity contribution >= 4 is 12.4 Å². The fourth-order valence-electron chi connectivity index (χ4n) is 0.990. The van der Waals surface area contributed by atoms with Gasteiger partial charge in [-0.15, -0.1) is 12.4 Å². The number of halogens is 1. The third-order valence-electron chi connectivity index (χ3n) is 1.44. The fourth-order valence-corrected chi connectivity index (χ4v) is 0.990. The highest BCUT2D eigenvalue weighted by Gasteiger charge is 2.10. The van der Waals surface area contributed by atoms with Crippen LogP contribution in [0.25, 0.3) is 0 Å². The molecule has 1 aromatic rings. The zero-order valence-corrected chi connectivity index (χ0v) is 5.70. The Morgan fingerprint density at radius 1 is 1.44 bits per heavy atom. The van der Waals surface area contributed by atoms with Gasteiger partial charge in [-0.3, -0.25) is 0 Å². The number of hydrogen-bond donors (Lipinski definition) is 1. The van der Waals surface area contributed by atoms with Crippen molar-refractivity contribution in [1.82, 2.24) is 5.32 Å². The van der Waals surface area contributed by atoms with Crippen molar-refractivity contribution < 1.29 is 4.42 Å².